The first-order valence-electron chi connectivity index (χ1n) is 13.0. The number of imide groups is 1. The van der Waals surface area contributed by atoms with Crippen LogP contribution in [0.2, 0.25) is 0 Å². The molecular weight excluding hydrogens is 460 g/mol. The molecule has 4 rings (SSSR count). The molecule has 0 spiro atoms. The molecule has 6 nitrogen and oxygen atoms in total. The second-order valence-electron chi connectivity index (χ2n) is 10.7. The Morgan fingerprint density at radius 2 is 1.89 bits per heavy atom. The molecule has 35 heavy (non-hydrogen) atoms. The molecule has 0 radical (unpaired) electrons. The average molecular weight is 499 g/mol. The maximum Gasteiger partial charge on any atom is 0.286 e. The molecule has 190 valence electrons. The monoisotopic (exact) mass is 498 g/mol. The minimum absolute atomic E-state index is 0.138. The number of hydrogen-bond acceptors (Lipinski definition) is 6. The molecule has 2 aromatic rings. The van der Waals surface area contributed by atoms with Crippen LogP contribution in [-0.4, -0.2) is 27.5 Å². The van der Waals surface area contributed by atoms with Crippen molar-refractivity contribution in [3.63, 3.8) is 0 Å². The van der Waals surface area contributed by atoms with E-state index in [1.54, 1.807) is 0 Å². The lowest BCUT2D eigenvalue weighted by Crippen LogP contribution is -2.26. The highest BCUT2D eigenvalue weighted by Gasteiger charge is 2.32. The standard InChI is InChI=1S/C28H38N2O4S/c1-17(2)14-20-8-11-21(12-9-20)27-29-23(25(34-27)18(3)4)16-33-22-7-5-6-19(15-22)10-13-24-26(31)30-28(32)35-24/h8-9,11-12,17-19,22,24H,5-7,10,13-16H2,1-4H3,(H,30,31,32)/t19-,22-,24?/m0/s1. The van der Waals surface area contributed by atoms with E-state index in [1.807, 2.05) is 0 Å². The Bertz CT molecular complexity index is 1010. The van der Waals surface area contributed by atoms with E-state index in [2.05, 4.69) is 57.3 Å². The highest BCUT2D eigenvalue weighted by atomic mass is 32.2. The highest BCUT2D eigenvalue weighted by Crippen LogP contribution is 2.34. The van der Waals surface area contributed by atoms with Gasteiger partial charge in [-0.3, -0.25) is 14.9 Å². The predicted octanol–water partition coefficient (Wildman–Crippen LogP) is 6.87. The van der Waals surface area contributed by atoms with Crippen molar-refractivity contribution < 1.29 is 18.7 Å². The third kappa shape index (κ3) is 6.98. The lowest BCUT2D eigenvalue weighted by atomic mass is 9.84. The van der Waals surface area contributed by atoms with Crippen molar-refractivity contribution in [2.45, 2.75) is 96.5 Å². The van der Waals surface area contributed by atoms with Gasteiger partial charge in [-0.15, -0.1) is 0 Å². The third-order valence-corrected chi connectivity index (χ3v) is 7.94. The van der Waals surface area contributed by atoms with Crippen molar-refractivity contribution >= 4 is 22.9 Å². The third-order valence-electron chi connectivity index (χ3n) is 6.89. The molecule has 1 N–H and O–H groups in total. The Morgan fingerprint density at radius 3 is 2.54 bits per heavy atom. The molecule has 3 atom stereocenters. The fraction of sp³-hybridized carbons (Fsp3) is 0.607. The van der Waals surface area contributed by atoms with Gasteiger partial charge in [-0.25, -0.2) is 4.98 Å². The Hall–Kier alpha value is -2.12. The van der Waals surface area contributed by atoms with E-state index in [1.165, 1.54) is 5.56 Å². The number of hydrogen-bond donors (Lipinski definition) is 1. The molecule has 1 unspecified atom stereocenters. The fourth-order valence-electron chi connectivity index (χ4n) is 5.12. The van der Waals surface area contributed by atoms with Gasteiger partial charge in [0.15, 0.2) is 0 Å². The molecule has 1 aromatic carbocycles. The van der Waals surface area contributed by atoms with Gasteiger partial charge in [-0.1, -0.05) is 64.4 Å². The number of ether oxygens (including phenoxy) is 1. The van der Waals surface area contributed by atoms with E-state index in [4.69, 9.17) is 14.1 Å². The number of carbonyl (C=O) groups excluding carboxylic acids is 2. The summed E-state index contributed by atoms with van der Waals surface area (Å²) in [5.74, 6) is 2.80. The summed E-state index contributed by atoms with van der Waals surface area (Å²) >= 11 is 1.13. The van der Waals surface area contributed by atoms with Crippen LogP contribution < -0.4 is 5.32 Å². The van der Waals surface area contributed by atoms with Crippen molar-refractivity contribution in [1.82, 2.24) is 10.3 Å². The average Bonchev–Trinajstić information content (AvgIpc) is 3.39. The zero-order valence-corrected chi connectivity index (χ0v) is 22.2. The van der Waals surface area contributed by atoms with Gasteiger partial charge in [0.05, 0.1) is 18.0 Å². The summed E-state index contributed by atoms with van der Waals surface area (Å²) in [5, 5.41) is 1.94. The van der Waals surface area contributed by atoms with Gasteiger partial charge in [0, 0.05) is 11.5 Å². The quantitative estimate of drug-likeness (QED) is 0.385. The molecule has 1 aliphatic carbocycles. The summed E-state index contributed by atoms with van der Waals surface area (Å²) in [6.07, 6.45) is 7.29. The Kier molecular flexibility index (Phi) is 8.71. The zero-order chi connectivity index (χ0) is 24.9. The van der Waals surface area contributed by atoms with E-state index in [0.717, 1.165) is 73.7 Å². The van der Waals surface area contributed by atoms with E-state index in [0.29, 0.717) is 24.3 Å². The van der Waals surface area contributed by atoms with Crippen LogP contribution in [0.4, 0.5) is 4.79 Å². The molecule has 1 aliphatic heterocycles. The Morgan fingerprint density at radius 1 is 1.11 bits per heavy atom. The van der Waals surface area contributed by atoms with E-state index < -0.39 is 0 Å². The number of rotatable bonds is 10. The first-order valence-corrected chi connectivity index (χ1v) is 13.9. The SMILES string of the molecule is CC(C)Cc1ccc(-c2nc(CO[C@H]3CCC[C@@H](CCC4SC(=O)NC4=O)C3)c(C(C)C)o2)cc1. The fourth-order valence-corrected chi connectivity index (χ4v) is 5.96. The van der Waals surface area contributed by atoms with Crippen LogP contribution in [0.5, 0.6) is 0 Å². The van der Waals surface area contributed by atoms with Crippen LogP contribution in [-0.2, 0) is 22.6 Å². The summed E-state index contributed by atoms with van der Waals surface area (Å²) in [6, 6.07) is 8.52. The number of oxazole rings is 1. The van der Waals surface area contributed by atoms with E-state index in [9.17, 15) is 9.59 Å². The molecule has 1 saturated heterocycles. The summed E-state index contributed by atoms with van der Waals surface area (Å²) in [6.45, 7) is 9.16. The molecule has 2 fully saturated rings. The minimum Gasteiger partial charge on any atom is -0.441 e. The number of nitrogens with zero attached hydrogens (tertiary/aromatic N) is 1. The van der Waals surface area contributed by atoms with Gasteiger partial charge in [-0.2, -0.15) is 0 Å². The van der Waals surface area contributed by atoms with Crippen molar-refractivity contribution in [3.8, 4) is 11.5 Å². The number of benzene rings is 1. The van der Waals surface area contributed by atoms with Crippen molar-refractivity contribution in [2.75, 3.05) is 0 Å². The van der Waals surface area contributed by atoms with Gasteiger partial charge in [-0.05, 0) is 61.6 Å². The molecule has 7 heteroatoms. The lowest BCUT2D eigenvalue weighted by molar-refractivity contribution is -0.119. The number of thioether (sulfide) groups is 1. The molecule has 0 bridgehead atoms. The van der Waals surface area contributed by atoms with Gasteiger partial charge in [0.2, 0.25) is 11.8 Å². The Labute approximate surface area is 213 Å². The normalized spacial score (nSPS) is 22.9. The van der Waals surface area contributed by atoms with Crippen LogP contribution in [0.3, 0.4) is 0 Å². The molecule has 2 heterocycles. The number of amides is 2. The zero-order valence-electron chi connectivity index (χ0n) is 21.3. The van der Waals surface area contributed by atoms with Crippen LogP contribution >= 0.6 is 11.8 Å². The minimum atomic E-state index is -0.231. The molecule has 1 aromatic heterocycles. The molecule has 2 amide bonds. The maximum atomic E-state index is 11.8. The van der Waals surface area contributed by atoms with Crippen LogP contribution in [0.25, 0.3) is 11.5 Å². The van der Waals surface area contributed by atoms with Crippen molar-refractivity contribution in [2.24, 2.45) is 11.8 Å². The van der Waals surface area contributed by atoms with Gasteiger partial charge in [0.1, 0.15) is 11.5 Å². The number of nitrogens with one attached hydrogen (secondary N) is 1. The largest absolute Gasteiger partial charge is 0.441 e. The van der Waals surface area contributed by atoms with Gasteiger partial charge < -0.3 is 9.15 Å². The van der Waals surface area contributed by atoms with Crippen molar-refractivity contribution in [1.29, 1.82) is 0 Å². The summed E-state index contributed by atoms with van der Waals surface area (Å²) in [4.78, 5) is 28.1. The first kappa shape index (κ1) is 26.0. The van der Waals surface area contributed by atoms with Crippen LogP contribution in [0.1, 0.15) is 89.2 Å². The predicted molar refractivity (Wildman–Crippen MR) is 139 cm³/mol. The second kappa shape index (κ2) is 11.7. The van der Waals surface area contributed by atoms with E-state index in [-0.39, 0.29) is 28.4 Å². The maximum absolute atomic E-state index is 11.8. The highest BCUT2D eigenvalue weighted by molar-refractivity contribution is 8.15. The summed E-state index contributed by atoms with van der Waals surface area (Å²) in [7, 11) is 0. The smallest absolute Gasteiger partial charge is 0.286 e. The van der Waals surface area contributed by atoms with E-state index >= 15 is 0 Å². The van der Waals surface area contributed by atoms with Crippen LogP contribution in [0.15, 0.2) is 28.7 Å². The number of aromatic nitrogens is 1. The van der Waals surface area contributed by atoms with Gasteiger partial charge >= 0.3 is 0 Å². The number of carbonyl (C=O) groups is 2. The molecule has 1 saturated carbocycles. The lowest BCUT2D eigenvalue weighted by Gasteiger charge is -2.29. The van der Waals surface area contributed by atoms with Crippen molar-refractivity contribution in [3.05, 3.63) is 41.3 Å². The second-order valence-corrected chi connectivity index (χ2v) is 11.9. The van der Waals surface area contributed by atoms with Gasteiger partial charge in [0.25, 0.3) is 5.24 Å². The van der Waals surface area contributed by atoms with Crippen LogP contribution in [0, 0.1) is 11.8 Å². The summed E-state index contributed by atoms with van der Waals surface area (Å²) in [5.41, 5.74) is 3.21. The first-order chi connectivity index (χ1) is 16.8. The molecular formula is C28H38N2O4S. The Balaban J connectivity index is 1.34. The summed E-state index contributed by atoms with van der Waals surface area (Å²) < 4.78 is 12.6. The topological polar surface area (TPSA) is 81.4 Å². The molecule has 2 aliphatic rings.